The standard InChI is InChI=1S/C8H11NO2S/c1-8(2,11)7(10)3-6-4-9-5-12-6/h4-5,11H,3H2,1-2H3. The molecule has 0 aliphatic rings. The zero-order valence-electron chi connectivity index (χ0n) is 7.07. The van der Waals surface area contributed by atoms with Crippen molar-refractivity contribution in [3.05, 3.63) is 16.6 Å². The SMILES string of the molecule is CC(C)(O)C(=O)Cc1cncs1. The lowest BCUT2D eigenvalue weighted by molar-refractivity contribution is -0.133. The number of aromatic nitrogens is 1. The minimum atomic E-state index is -1.23. The highest BCUT2D eigenvalue weighted by Gasteiger charge is 2.23. The molecule has 0 amide bonds. The number of nitrogens with zero attached hydrogens (tertiary/aromatic N) is 1. The minimum Gasteiger partial charge on any atom is -0.383 e. The lowest BCUT2D eigenvalue weighted by Gasteiger charge is -2.13. The Balaban J connectivity index is 2.60. The maximum Gasteiger partial charge on any atom is 0.168 e. The molecule has 0 fully saturated rings. The molecule has 0 radical (unpaired) electrons. The summed E-state index contributed by atoms with van der Waals surface area (Å²) in [7, 11) is 0. The molecule has 0 aliphatic heterocycles. The zero-order valence-corrected chi connectivity index (χ0v) is 7.89. The fourth-order valence-electron chi connectivity index (χ4n) is 0.704. The molecule has 0 atom stereocenters. The summed E-state index contributed by atoms with van der Waals surface area (Å²) in [6, 6.07) is 0. The number of carbonyl (C=O) groups excluding carboxylic acids is 1. The zero-order chi connectivity index (χ0) is 9.19. The highest BCUT2D eigenvalue weighted by atomic mass is 32.1. The van der Waals surface area contributed by atoms with Crippen LogP contribution in [0.3, 0.4) is 0 Å². The van der Waals surface area contributed by atoms with Crippen LogP contribution in [0, 0.1) is 0 Å². The van der Waals surface area contributed by atoms with Crippen LogP contribution in [-0.4, -0.2) is 21.5 Å². The van der Waals surface area contributed by atoms with Crippen molar-refractivity contribution in [3.8, 4) is 0 Å². The quantitative estimate of drug-likeness (QED) is 0.765. The maximum absolute atomic E-state index is 11.3. The molecule has 1 heterocycles. The summed E-state index contributed by atoms with van der Waals surface area (Å²) in [5, 5.41) is 9.32. The summed E-state index contributed by atoms with van der Waals surface area (Å²) in [6.07, 6.45) is 1.92. The van der Waals surface area contributed by atoms with Gasteiger partial charge in [0.25, 0.3) is 0 Å². The van der Waals surface area contributed by atoms with E-state index in [0.717, 1.165) is 4.88 Å². The van der Waals surface area contributed by atoms with E-state index in [1.807, 2.05) is 0 Å². The third-order valence-electron chi connectivity index (χ3n) is 1.50. The predicted molar refractivity (Wildman–Crippen MR) is 47.1 cm³/mol. The van der Waals surface area contributed by atoms with E-state index in [1.165, 1.54) is 25.2 Å². The van der Waals surface area contributed by atoms with Crippen LogP contribution in [0.4, 0.5) is 0 Å². The summed E-state index contributed by atoms with van der Waals surface area (Å²) in [6.45, 7) is 2.99. The number of hydrogen-bond acceptors (Lipinski definition) is 4. The summed E-state index contributed by atoms with van der Waals surface area (Å²) < 4.78 is 0. The molecule has 1 rings (SSSR count). The molecule has 1 N–H and O–H groups in total. The van der Waals surface area contributed by atoms with Gasteiger partial charge >= 0.3 is 0 Å². The molecular formula is C8H11NO2S. The van der Waals surface area contributed by atoms with Crippen molar-refractivity contribution in [3.63, 3.8) is 0 Å². The molecule has 12 heavy (non-hydrogen) atoms. The molecule has 1 aromatic rings. The van der Waals surface area contributed by atoms with Crippen LogP contribution in [0.25, 0.3) is 0 Å². The van der Waals surface area contributed by atoms with Crippen LogP contribution < -0.4 is 0 Å². The number of aliphatic hydroxyl groups is 1. The molecule has 3 nitrogen and oxygen atoms in total. The van der Waals surface area contributed by atoms with Crippen molar-refractivity contribution >= 4 is 17.1 Å². The fourth-order valence-corrected chi connectivity index (χ4v) is 1.30. The molecule has 4 heteroatoms. The van der Waals surface area contributed by atoms with Crippen molar-refractivity contribution in [1.29, 1.82) is 0 Å². The number of hydrogen-bond donors (Lipinski definition) is 1. The highest BCUT2D eigenvalue weighted by Crippen LogP contribution is 2.12. The first-order chi connectivity index (χ1) is 5.50. The topological polar surface area (TPSA) is 50.2 Å². The molecule has 0 unspecified atom stereocenters. The van der Waals surface area contributed by atoms with E-state index in [0.29, 0.717) is 0 Å². The van der Waals surface area contributed by atoms with Gasteiger partial charge in [0.15, 0.2) is 5.78 Å². The van der Waals surface area contributed by atoms with Crippen LogP contribution in [0.1, 0.15) is 18.7 Å². The first-order valence-corrected chi connectivity index (χ1v) is 4.51. The van der Waals surface area contributed by atoms with E-state index < -0.39 is 5.60 Å². The van der Waals surface area contributed by atoms with E-state index in [2.05, 4.69) is 4.98 Å². The van der Waals surface area contributed by atoms with E-state index in [4.69, 9.17) is 0 Å². The average Bonchev–Trinajstić information content (AvgIpc) is 2.37. The monoisotopic (exact) mass is 185 g/mol. The van der Waals surface area contributed by atoms with E-state index in [9.17, 15) is 9.90 Å². The Hall–Kier alpha value is -0.740. The van der Waals surface area contributed by atoms with Crippen LogP contribution in [0.2, 0.25) is 0 Å². The predicted octanol–water partition coefficient (Wildman–Crippen LogP) is 1.03. The number of Topliss-reactive ketones (excluding diaryl/α,β-unsaturated/α-hetero) is 1. The first kappa shape index (κ1) is 9.35. The molecular weight excluding hydrogens is 174 g/mol. The van der Waals surface area contributed by atoms with Gasteiger partial charge in [0.1, 0.15) is 5.60 Å². The summed E-state index contributed by atoms with van der Waals surface area (Å²) in [5.41, 5.74) is 0.441. The van der Waals surface area contributed by atoms with Crippen molar-refractivity contribution < 1.29 is 9.90 Å². The van der Waals surface area contributed by atoms with Gasteiger partial charge in [0.2, 0.25) is 0 Å². The number of ketones is 1. The van der Waals surface area contributed by atoms with Crippen molar-refractivity contribution in [2.75, 3.05) is 0 Å². The van der Waals surface area contributed by atoms with Crippen LogP contribution >= 0.6 is 11.3 Å². The normalized spacial score (nSPS) is 11.6. The molecule has 0 saturated carbocycles. The fraction of sp³-hybridized carbons (Fsp3) is 0.500. The third-order valence-corrected chi connectivity index (χ3v) is 2.28. The van der Waals surface area contributed by atoms with Gasteiger partial charge in [-0.3, -0.25) is 9.78 Å². The Morgan fingerprint density at radius 2 is 2.42 bits per heavy atom. The van der Waals surface area contributed by atoms with Gasteiger partial charge in [0, 0.05) is 17.5 Å². The molecule has 0 bridgehead atoms. The van der Waals surface area contributed by atoms with Gasteiger partial charge in [0.05, 0.1) is 5.51 Å². The molecule has 0 aromatic carbocycles. The van der Waals surface area contributed by atoms with Crippen LogP contribution in [0.15, 0.2) is 11.7 Å². The van der Waals surface area contributed by atoms with Crippen molar-refractivity contribution in [1.82, 2.24) is 4.98 Å². The second kappa shape index (κ2) is 3.33. The number of carbonyl (C=O) groups is 1. The van der Waals surface area contributed by atoms with Gasteiger partial charge in [-0.1, -0.05) is 0 Å². The van der Waals surface area contributed by atoms with Gasteiger partial charge in [-0.05, 0) is 13.8 Å². The van der Waals surface area contributed by atoms with Gasteiger partial charge < -0.3 is 5.11 Å². The van der Waals surface area contributed by atoms with Crippen molar-refractivity contribution in [2.24, 2.45) is 0 Å². The van der Waals surface area contributed by atoms with Gasteiger partial charge in [-0.15, -0.1) is 11.3 Å². The Kier molecular flexibility index (Phi) is 2.59. The molecule has 0 saturated heterocycles. The van der Waals surface area contributed by atoms with Crippen LogP contribution in [0.5, 0.6) is 0 Å². The summed E-state index contributed by atoms with van der Waals surface area (Å²) >= 11 is 1.42. The smallest absolute Gasteiger partial charge is 0.168 e. The van der Waals surface area contributed by atoms with E-state index >= 15 is 0 Å². The molecule has 66 valence electrons. The van der Waals surface area contributed by atoms with E-state index in [-0.39, 0.29) is 12.2 Å². The Labute approximate surface area is 75.1 Å². The van der Waals surface area contributed by atoms with Gasteiger partial charge in [-0.25, -0.2) is 0 Å². The summed E-state index contributed by atoms with van der Waals surface area (Å²) in [5.74, 6) is -0.174. The molecule has 0 spiro atoms. The Morgan fingerprint density at radius 3 is 2.83 bits per heavy atom. The Morgan fingerprint density at radius 1 is 1.75 bits per heavy atom. The maximum atomic E-state index is 11.3. The summed E-state index contributed by atoms with van der Waals surface area (Å²) in [4.78, 5) is 16.0. The largest absolute Gasteiger partial charge is 0.383 e. The lowest BCUT2D eigenvalue weighted by atomic mass is 10.0. The van der Waals surface area contributed by atoms with Crippen molar-refractivity contribution in [2.45, 2.75) is 25.9 Å². The van der Waals surface area contributed by atoms with Crippen LogP contribution in [-0.2, 0) is 11.2 Å². The van der Waals surface area contributed by atoms with E-state index in [1.54, 1.807) is 11.7 Å². The molecule has 1 aromatic heterocycles. The first-order valence-electron chi connectivity index (χ1n) is 3.63. The average molecular weight is 185 g/mol. The highest BCUT2D eigenvalue weighted by molar-refractivity contribution is 7.09. The number of thiazole rings is 1. The second-order valence-corrected chi connectivity index (χ2v) is 4.10. The lowest BCUT2D eigenvalue weighted by Crippen LogP contribution is -2.32. The minimum absolute atomic E-state index is 0.174. The Bertz CT molecular complexity index is 261. The number of rotatable bonds is 3. The molecule has 0 aliphatic carbocycles. The third kappa shape index (κ3) is 2.39. The second-order valence-electron chi connectivity index (χ2n) is 3.13. The van der Waals surface area contributed by atoms with Gasteiger partial charge in [-0.2, -0.15) is 0 Å².